The highest BCUT2D eigenvalue weighted by molar-refractivity contribution is 7.99. The van der Waals surface area contributed by atoms with Crippen molar-refractivity contribution in [1.29, 1.82) is 0 Å². The van der Waals surface area contributed by atoms with Crippen LogP contribution in [0.3, 0.4) is 0 Å². The van der Waals surface area contributed by atoms with Gasteiger partial charge in [-0.1, -0.05) is 47.7 Å². The molecular formula is C22H18N4O2S. The Hall–Kier alpha value is -3.45. The molecule has 1 heterocycles. The summed E-state index contributed by atoms with van der Waals surface area (Å²) in [5, 5.41) is 12.4. The predicted octanol–water partition coefficient (Wildman–Crippen LogP) is 4.74. The number of tetrazole rings is 1. The Morgan fingerprint density at radius 3 is 2.34 bits per heavy atom. The zero-order valence-electron chi connectivity index (χ0n) is 15.7. The Morgan fingerprint density at radius 2 is 1.62 bits per heavy atom. The number of thioether (sulfide) groups is 1. The molecule has 0 radical (unpaired) electrons. The molecule has 4 aromatic rings. The highest BCUT2D eigenvalue weighted by Crippen LogP contribution is 2.23. The van der Waals surface area contributed by atoms with Gasteiger partial charge in [-0.2, -0.15) is 4.68 Å². The molecule has 0 aliphatic rings. The van der Waals surface area contributed by atoms with Gasteiger partial charge in [0.2, 0.25) is 5.16 Å². The number of para-hydroxylation sites is 1. The standard InChI is InChI=1S/C22H18N4O2S/c1-16-7-11-18(12-8-16)26-22(23-24-25-26)29-15-21(27)17-9-13-20(14-10-17)28-19-5-3-2-4-6-19/h2-14H,15H2,1H3. The Balaban J connectivity index is 1.39. The molecule has 6 nitrogen and oxygen atoms in total. The fourth-order valence-corrected chi connectivity index (χ4v) is 3.45. The number of hydrogen-bond donors (Lipinski definition) is 0. The third kappa shape index (κ3) is 4.70. The Morgan fingerprint density at radius 1 is 0.931 bits per heavy atom. The van der Waals surface area contributed by atoms with Crippen LogP contribution in [0.4, 0.5) is 0 Å². The lowest BCUT2D eigenvalue weighted by molar-refractivity contribution is 0.102. The summed E-state index contributed by atoms with van der Waals surface area (Å²) < 4.78 is 7.39. The Labute approximate surface area is 172 Å². The number of ether oxygens (including phenoxy) is 1. The van der Waals surface area contributed by atoms with Crippen LogP contribution in [-0.2, 0) is 0 Å². The van der Waals surface area contributed by atoms with Crippen LogP contribution < -0.4 is 4.74 Å². The number of carbonyl (C=O) groups excluding carboxylic acids is 1. The van der Waals surface area contributed by atoms with Gasteiger partial charge < -0.3 is 4.74 Å². The van der Waals surface area contributed by atoms with E-state index < -0.39 is 0 Å². The maximum Gasteiger partial charge on any atom is 0.214 e. The van der Waals surface area contributed by atoms with Gasteiger partial charge >= 0.3 is 0 Å². The van der Waals surface area contributed by atoms with E-state index in [2.05, 4.69) is 15.5 Å². The molecule has 0 amide bonds. The zero-order chi connectivity index (χ0) is 20.1. The molecule has 0 N–H and O–H groups in total. The third-order valence-electron chi connectivity index (χ3n) is 4.21. The highest BCUT2D eigenvalue weighted by Gasteiger charge is 2.13. The minimum Gasteiger partial charge on any atom is -0.457 e. The number of Topliss-reactive ketones (excluding diaryl/α,β-unsaturated/α-hetero) is 1. The fourth-order valence-electron chi connectivity index (χ4n) is 2.66. The number of aromatic nitrogens is 4. The van der Waals surface area contributed by atoms with Gasteiger partial charge in [-0.3, -0.25) is 4.79 Å². The second-order valence-electron chi connectivity index (χ2n) is 6.36. The van der Waals surface area contributed by atoms with Crippen molar-refractivity contribution in [3.05, 3.63) is 90.0 Å². The lowest BCUT2D eigenvalue weighted by Crippen LogP contribution is -2.05. The molecular weight excluding hydrogens is 384 g/mol. The van der Waals surface area contributed by atoms with E-state index in [9.17, 15) is 4.79 Å². The molecule has 7 heteroatoms. The first-order valence-electron chi connectivity index (χ1n) is 9.03. The number of ketones is 1. The zero-order valence-corrected chi connectivity index (χ0v) is 16.5. The van der Waals surface area contributed by atoms with Crippen molar-refractivity contribution < 1.29 is 9.53 Å². The van der Waals surface area contributed by atoms with Gasteiger partial charge in [0, 0.05) is 5.56 Å². The number of nitrogens with zero attached hydrogens (tertiary/aromatic N) is 4. The van der Waals surface area contributed by atoms with Gasteiger partial charge in [-0.25, -0.2) is 0 Å². The van der Waals surface area contributed by atoms with Gasteiger partial charge in [0.15, 0.2) is 5.78 Å². The van der Waals surface area contributed by atoms with Crippen molar-refractivity contribution >= 4 is 17.5 Å². The van der Waals surface area contributed by atoms with Crippen molar-refractivity contribution in [2.24, 2.45) is 0 Å². The molecule has 0 aliphatic heterocycles. The Kier molecular flexibility index (Phi) is 5.67. The van der Waals surface area contributed by atoms with Crippen LogP contribution in [0.2, 0.25) is 0 Å². The third-order valence-corrected chi connectivity index (χ3v) is 5.13. The van der Waals surface area contributed by atoms with Crippen LogP contribution in [0.25, 0.3) is 5.69 Å². The second kappa shape index (κ2) is 8.70. The summed E-state index contributed by atoms with van der Waals surface area (Å²) in [6.45, 7) is 2.02. The van der Waals surface area contributed by atoms with Crippen LogP contribution in [0.5, 0.6) is 11.5 Å². The van der Waals surface area contributed by atoms with Crippen molar-refractivity contribution in [3.8, 4) is 17.2 Å². The molecule has 144 valence electrons. The SMILES string of the molecule is Cc1ccc(-n2nnnc2SCC(=O)c2ccc(Oc3ccccc3)cc2)cc1. The Bertz CT molecular complexity index is 1090. The van der Waals surface area contributed by atoms with E-state index in [1.165, 1.54) is 11.8 Å². The van der Waals surface area contributed by atoms with Crippen LogP contribution in [-0.4, -0.2) is 31.7 Å². The summed E-state index contributed by atoms with van der Waals surface area (Å²) in [5.41, 5.74) is 2.64. The fraction of sp³-hybridized carbons (Fsp3) is 0.0909. The molecule has 0 aliphatic carbocycles. The maximum absolute atomic E-state index is 12.6. The normalized spacial score (nSPS) is 10.7. The molecule has 0 saturated heterocycles. The minimum atomic E-state index is -0.000262. The lowest BCUT2D eigenvalue weighted by atomic mass is 10.1. The van der Waals surface area contributed by atoms with Crippen molar-refractivity contribution in [2.75, 3.05) is 5.75 Å². The number of benzene rings is 3. The number of carbonyl (C=O) groups is 1. The first-order chi connectivity index (χ1) is 14.2. The average molecular weight is 402 g/mol. The average Bonchev–Trinajstić information content (AvgIpc) is 3.22. The molecule has 4 rings (SSSR count). The molecule has 0 atom stereocenters. The predicted molar refractivity (Wildman–Crippen MR) is 112 cm³/mol. The molecule has 0 spiro atoms. The molecule has 1 aromatic heterocycles. The first-order valence-corrected chi connectivity index (χ1v) is 10.0. The van der Waals surface area contributed by atoms with Crippen LogP contribution >= 0.6 is 11.8 Å². The van der Waals surface area contributed by atoms with Gasteiger partial charge in [0.1, 0.15) is 11.5 Å². The van der Waals surface area contributed by atoms with E-state index in [1.807, 2.05) is 61.5 Å². The van der Waals surface area contributed by atoms with Crippen LogP contribution in [0.15, 0.2) is 84.0 Å². The van der Waals surface area contributed by atoms with E-state index in [0.717, 1.165) is 17.0 Å². The van der Waals surface area contributed by atoms with E-state index >= 15 is 0 Å². The monoisotopic (exact) mass is 402 g/mol. The smallest absolute Gasteiger partial charge is 0.214 e. The van der Waals surface area contributed by atoms with Crippen LogP contribution in [0, 0.1) is 6.92 Å². The van der Waals surface area contributed by atoms with E-state index in [4.69, 9.17) is 4.74 Å². The van der Waals surface area contributed by atoms with Gasteiger partial charge in [0.05, 0.1) is 11.4 Å². The van der Waals surface area contributed by atoms with Crippen molar-refractivity contribution in [2.45, 2.75) is 12.1 Å². The quantitative estimate of drug-likeness (QED) is 0.329. The molecule has 29 heavy (non-hydrogen) atoms. The van der Waals surface area contributed by atoms with Gasteiger partial charge in [0.25, 0.3) is 0 Å². The number of rotatable bonds is 7. The van der Waals surface area contributed by atoms with Crippen molar-refractivity contribution in [3.63, 3.8) is 0 Å². The van der Waals surface area contributed by atoms with Gasteiger partial charge in [-0.15, -0.1) is 5.10 Å². The molecule has 3 aromatic carbocycles. The summed E-state index contributed by atoms with van der Waals surface area (Å²) in [5.74, 6) is 1.68. The summed E-state index contributed by atoms with van der Waals surface area (Å²) in [4.78, 5) is 12.6. The summed E-state index contributed by atoms with van der Waals surface area (Å²) in [6.07, 6.45) is 0. The maximum atomic E-state index is 12.6. The summed E-state index contributed by atoms with van der Waals surface area (Å²) in [6, 6.07) is 24.5. The van der Waals surface area contributed by atoms with Crippen molar-refractivity contribution in [1.82, 2.24) is 20.2 Å². The lowest BCUT2D eigenvalue weighted by Gasteiger charge is -2.07. The number of aryl methyl sites for hydroxylation is 1. The molecule has 0 saturated carbocycles. The minimum absolute atomic E-state index is 0.000262. The van der Waals surface area contributed by atoms with E-state index in [-0.39, 0.29) is 11.5 Å². The molecule has 0 unspecified atom stereocenters. The largest absolute Gasteiger partial charge is 0.457 e. The summed E-state index contributed by atoms with van der Waals surface area (Å²) >= 11 is 1.31. The second-order valence-corrected chi connectivity index (χ2v) is 7.30. The molecule has 0 fully saturated rings. The van der Waals surface area contributed by atoms with Gasteiger partial charge in [-0.05, 0) is 65.9 Å². The highest BCUT2D eigenvalue weighted by atomic mass is 32.2. The molecule has 0 bridgehead atoms. The van der Waals surface area contributed by atoms with E-state index in [0.29, 0.717) is 16.5 Å². The van der Waals surface area contributed by atoms with Crippen LogP contribution in [0.1, 0.15) is 15.9 Å². The van der Waals surface area contributed by atoms with E-state index in [1.54, 1.807) is 28.9 Å². The topological polar surface area (TPSA) is 69.9 Å². The number of hydrogen-bond acceptors (Lipinski definition) is 6. The first kappa shape index (κ1) is 18.9. The summed E-state index contributed by atoms with van der Waals surface area (Å²) in [7, 11) is 0.